The van der Waals surface area contributed by atoms with E-state index in [1.807, 2.05) is 0 Å². The Morgan fingerprint density at radius 1 is 1.44 bits per heavy atom. The monoisotopic (exact) mass is 351 g/mol. The van der Waals surface area contributed by atoms with E-state index in [0.29, 0.717) is 17.8 Å². The Balaban J connectivity index is 2.30. The lowest BCUT2D eigenvalue weighted by molar-refractivity contribution is -0.384. The normalized spacial score (nSPS) is 14.2. The van der Waals surface area contributed by atoms with E-state index in [1.54, 1.807) is 20.8 Å². The number of nitro benzene ring substituents is 1. The lowest BCUT2D eigenvalue weighted by Gasteiger charge is -2.26. The molecule has 9 heteroatoms. The summed E-state index contributed by atoms with van der Waals surface area (Å²) in [4.78, 5) is 37.2. The summed E-state index contributed by atoms with van der Waals surface area (Å²) in [6, 6.07) is 4.16. The first-order valence-electron chi connectivity index (χ1n) is 7.74. The quantitative estimate of drug-likeness (QED) is 0.610. The van der Waals surface area contributed by atoms with Crippen molar-refractivity contribution in [3.8, 4) is 0 Å². The zero-order valence-corrected chi connectivity index (χ0v) is 14.6. The summed E-state index contributed by atoms with van der Waals surface area (Å²) in [5, 5.41) is 11.1. The average Bonchev–Trinajstić information content (AvgIpc) is 2.91. The van der Waals surface area contributed by atoms with Crippen LogP contribution in [-0.2, 0) is 16.0 Å². The molecular formula is C16H21N3O6. The van der Waals surface area contributed by atoms with E-state index in [9.17, 15) is 19.7 Å². The molecule has 1 aromatic carbocycles. The van der Waals surface area contributed by atoms with Gasteiger partial charge in [-0.2, -0.15) is 0 Å². The minimum atomic E-state index is -0.657. The molecule has 9 nitrogen and oxygen atoms in total. The fourth-order valence-electron chi connectivity index (χ4n) is 2.35. The van der Waals surface area contributed by atoms with Crippen LogP contribution in [0.25, 0.3) is 0 Å². The number of anilines is 1. The molecule has 1 fully saturated rings. The highest BCUT2D eigenvalue weighted by atomic mass is 16.6. The molecule has 2 rings (SSSR count). The van der Waals surface area contributed by atoms with Crippen LogP contribution in [0.2, 0.25) is 0 Å². The van der Waals surface area contributed by atoms with Crippen molar-refractivity contribution in [3.05, 3.63) is 33.9 Å². The lowest BCUT2D eigenvalue weighted by Crippen LogP contribution is -2.34. The molecule has 0 N–H and O–H groups in total. The minimum Gasteiger partial charge on any atom is -0.447 e. The smallest absolute Gasteiger partial charge is 0.414 e. The maximum absolute atomic E-state index is 12.1. The number of rotatable bonds is 4. The van der Waals surface area contributed by atoms with Crippen LogP contribution in [0.3, 0.4) is 0 Å². The Kier molecular flexibility index (Phi) is 5.15. The molecule has 25 heavy (non-hydrogen) atoms. The zero-order valence-electron chi connectivity index (χ0n) is 14.6. The van der Waals surface area contributed by atoms with E-state index >= 15 is 0 Å². The van der Waals surface area contributed by atoms with Gasteiger partial charge in [0, 0.05) is 24.7 Å². The summed E-state index contributed by atoms with van der Waals surface area (Å²) < 4.78 is 10.2. The van der Waals surface area contributed by atoms with Gasteiger partial charge < -0.3 is 14.4 Å². The second-order valence-electron chi connectivity index (χ2n) is 6.67. The van der Waals surface area contributed by atoms with Crippen LogP contribution >= 0.6 is 0 Å². The molecule has 136 valence electrons. The fourth-order valence-corrected chi connectivity index (χ4v) is 2.35. The number of nitrogens with zero attached hydrogens (tertiary/aromatic N) is 3. The second-order valence-corrected chi connectivity index (χ2v) is 6.67. The van der Waals surface area contributed by atoms with Crippen molar-refractivity contribution in [2.45, 2.75) is 32.9 Å². The van der Waals surface area contributed by atoms with E-state index in [-0.39, 0.29) is 18.8 Å². The predicted octanol–water partition coefficient (Wildman–Crippen LogP) is 2.92. The summed E-state index contributed by atoms with van der Waals surface area (Å²) >= 11 is 0. The van der Waals surface area contributed by atoms with E-state index in [4.69, 9.17) is 9.47 Å². The topological polar surface area (TPSA) is 102 Å². The van der Waals surface area contributed by atoms with Crippen molar-refractivity contribution in [1.82, 2.24) is 4.90 Å². The molecule has 0 aromatic heterocycles. The number of non-ortho nitro benzene ring substituents is 1. The van der Waals surface area contributed by atoms with Crippen molar-refractivity contribution in [2.24, 2.45) is 0 Å². The third kappa shape index (κ3) is 4.59. The van der Waals surface area contributed by atoms with Gasteiger partial charge in [0.25, 0.3) is 5.69 Å². The minimum absolute atomic E-state index is 0.0513. The van der Waals surface area contributed by atoms with Crippen molar-refractivity contribution in [2.75, 3.05) is 25.1 Å². The molecule has 0 radical (unpaired) electrons. The molecule has 2 amide bonds. The number of carbonyl (C=O) groups excluding carboxylic acids is 2. The lowest BCUT2D eigenvalue weighted by atomic mass is 10.1. The number of carbonyl (C=O) groups is 2. The van der Waals surface area contributed by atoms with Gasteiger partial charge in [-0.15, -0.1) is 0 Å². The maximum atomic E-state index is 12.1. The molecular weight excluding hydrogens is 330 g/mol. The highest BCUT2D eigenvalue weighted by molar-refractivity contribution is 5.90. The van der Waals surface area contributed by atoms with Gasteiger partial charge in [0.15, 0.2) is 0 Å². The maximum Gasteiger partial charge on any atom is 0.414 e. The SMILES string of the molecule is CN(Cc1cc([N+](=O)[O-])ccc1N1CCOC1=O)C(=O)OC(C)(C)C. The van der Waals surface area contributed by atoms with Crippen LogP contribution in [0.5, 0.6) is 0 Å². The van der Waals surface area contributed by atoms with Gasteiger partial charge in [-0.3, -0.25) is 15.0 Å². The van der Waals surface area contributed by atoms with Crippen LogP contribution in [0.1, 0.15) is 26.3 Å². The van der Waals surface area contributed by atoms with Gasteiger partial charge in [0.05, 0.1) is 23.7 Å². The van der Waals surface area contributed by atoms with E-state index in [1.165, 1.54) is 35.0 Å². The molecule has 0 saturated carbocycles. The van der Waals surface area contributed by atoms with E-state index < -0.39 is 22.7 Å². The number of nitro groups is 1. The number of hydrogen-bond acceptors (Lipinski definition) is 6. The Hall–Kier alpha value is -2.84. The molecule has 1 aliphatic heterocycles. The number of ether oxygens (including phenoxy) is 2. The van der Waals surface area contributed by atoms with Crippen LogP contribution < -0.4 is 4.90 Å². The van der Waals surface area contributed by atoms with Crippen LogP contribution in [0.15, 0.2) is 18.2 Å². The summed E-state index contributed by atoms with van der Waals surface area (Å²) in [6.45, 7) is 5.89. The van der Waals surface area contributed by atoms with Gasteiger partial charge in [-0.1, -0.05) is 0 Å². The van der Waals surface area contributed by atoms with Crippen LogP contribution in [-0.4, -0.2) is 47.8 Å². The number of cyclic esters (lactones) is 1. The van der Waals surface area contributed by atoms with Crippen molar-refractivity contribution < 1.29 is 24.0 Å². The predicted molar refractivity (Wildman–Crippen MR) is 89.5 cm³/mol. The number of benzene rings is 1. The third-order valence-electron chi connectivity index (χ3n) is 3.44. The molecule has 1 aliphatic rings. The van der Waals surface area contributed by atoms with Gasteiger partial charge in [-0.05, 0) is 26.8 Å². The molecule has 1 saturated heterocycles. The molecule has 0 bridgehead atoms. The van der Waals surface area contributed by atoms with E-state index in [2.05, 4.69) is 0 Å². The van der Waals surface area contributed by atoms with Crippen molar-refractivity contribution in [3.63, 3.8) is 0 Å². The molecule has 1 heterocycles. The first-order chi connectivity index (χ1) is 11.6. The first kappa shape index (κ1) is 18.5. The molecule has 0 aliphatic carbocycles. The number of hydrogen-bond donors (Lipinski definition) is 0. The Morgan fingerprint density at radius 3 is 2.64 bits per heavy atom. The summed E-state index contributed by atoms with van der Waals surface area (Å²) in [6.07, 6.45) is -1.08. The van der Waals surface area contributed by atoms with Gasteiger partial charge in [-0.25, -0.2) is 9.59 Å². The first-order valence-corrected chi connectivity index (χ1v) is 7.74. The fraction of sp³-hybridized carbons (Fsp3) is 0.500. The van der Waals surface area contributed by atoms with Gasteiger partial charge in [0.1, 0.15) is 12.2 Å². The van der Waals surface area contributed by atoms with Crippen LogP contribution in [0.4, 0.5) is 21.0 Å². The van der Waals surface area contributed by atoms with Crippen molar-refractivity contribution >= 4 is 23.6 Å². The summed E-state index contributed by atoms with van der Waals surface area (Å²) in [5.41, 5.74) is 0.157. The largest absolute Gasteiger partial charge is 0.447 e. The third-order valence-corrected chi connectivity index (χ3v) is 3.44. The standard InChI is InChI=1S/C16H21N3O6/c1-16(2,3)25-14(20)17(4)10-11-9-12(19(22)23)5-6-13(11)18-7-8-24-15(18)21/h5-6,9H,7-8,10H2,1-4H3. The summed E-state index contributed by atoms with van der Waals surface area (Å²) in [5.74, 6) is 0. The molecule has 1 aromatic rings. The average molecular weight is 351 g/mol. The van der Waals surface area contributed by atoms with E-state index in [0.717, 1.165) is 0 Å². The zero-order chi connectivity index (χ0) is 18.8. The van der Waals surface area contributed by atoms with Crippen LogP contribution in [0, 0.1) is 10.1 Å². The highest BCUT2D eigenvalue weighted by Gasteiger charge is 2.28. The Morgan fingerprint density at radius 2 is 2.12 bits per heavy atom. The Bertz CT molecular complexity index is 698. The van der Waals surface area contributed by atoms with Gasteiger partial charge in [0.2, 0.25) is 0 Å². The van der Waals surface area contributed by atoms with Crippen molar-refractivity contribution in [1.29, 1.82) is 0 Å². The Labute approximate surface area is 145 Å². The second kappa shape index (κ2) is 6.96. The molecule has 0 unspecified atom stereocenters. The summed E-state index contributed by atoms with van der Waals surface area (Å²) in [7, 11) is 1.53. The van der Waals surface area contributed by atoms with Gasteiger partial charge >= 0.3 is 12.2 Å². The molecule has 0 spiro atoms. The highest BCUT2D eigenvalue weighted by Crippen LogP contribution is 2.29. The number of amides is 2. The molecule has 0 atom stereocenters.